The van der Waals surface area contributed by atoms with Gasteiger partial charge < -0.3 is 11.3 Å². The minimum absolute atomic E-state index is 0. The van der Waals surface area contributed by atoms with Gasteiger partial charge >= 0.3 is 57.4 Å². The molecule has 2 rings (SSSR count). The number of hydrogen-bond acceptors (Lipinski definition) is 2. The van der Waals surface area contributed by atoms with Crippen molar-refractivity contribution < 1.29 is 67.4 Å². The van der Waals surface area contributed by atoms with E-state index in [9.17, 15) is 4.79 Å². The van der Waals surface area contributed by atoms with Gasteiger partial charge in [-0.1, -0.05) is 23.7 Å². The molecular formula is C9H8ClKO3. The van der Waals surface area contributed by atoms with Crippen LogP contribution >= 0.6 is 11.6 Å². The molecular weight excluding hydrogens is 231 g/mol. The smallest absolute Gasteiger partial charge is 1.00 e. The molecule has 1 aromatic carbocycles. The van der Waals surface area contributed by atoms with Crippen molar-refractivity contribution in [3.63, 3.8) is 0 Å². The van der Waals surface area contributed by atoms with Crippen LogP contribution in [0, 0.1) is 0 Å². The summed E-state index contributed by atoms with van der Waals surface area (Å²) < 4.78 is 4.96. The molecule has 0 saturated carbocycles. The molecule has 0 amide bonds. The fourth-order valence-corrected chi connectivity index (χ4v) is 1.33. The second kappa shape index (κ2) is 5.07. The van der Waals surface area contributed by atoms with Crippen LogP contribution in [0.15, 0.2) is 24.3 Å². The summed E-state index contributed by atoms with van der Waals surface area (Å²) in [5.41, 5.74) is 0.858. The monoisotopic (exact) mass is 238 g/mol. The van der Waals surface area contributed by atoms with Crippen molar-refractivity contribution in [1.29, 1.82) is 0 Å². The van der Waals surface area contributed by atoms with Crippen molar-refractivity contribution >= 4 is 17.6 Å². The van der Waals surface area contributed by atoms with Gasteiger partial charge in [-0.15, -0.1) is 0 Å². The zero-order valence-electron chi connectivity index (χ0n) is 8.61. The number of carbonyl (C=O) groups is 1. The molecule has 1 aliphatic heterocycles. The van der Waals surface area contributed by atoms with E-state index in [0.717, 1.165) is 5.56 Å². The van der Waals surface area contributed by atoms with Crippen LogP contribution in [-0.2, 0) is 9.53 Å². The van der Waals surface area contributed by atoms with Crippen molar-refractivity contribution in [2.75, 3.05) is 0 Å². The third kappa shape index (κ3) is 2.79. The van der Waals surface area contributed by atoms with E-state index >= 15 is 0 Å². The van der Waals surface area contributed by atoms with Crippen molar-refractivity contribution in [3.8, 4) is 0 Å². The van der Waals surface area contributed by atoms with Gasteiger partial charge in [-0.3, -0.25) is 0 Å². The molecule has 5 heteroatoms. The van der Waals surface area contributed by atoms with Gasteiger partial charge in [0.05, 0.1) is 0 Å². The van der Waals surface area contributed by atoms with Crippen LogP contribution < -0.4 is 51.4 Å². The molecule has 0 bridgehead atoms. The van der Waals surface area contributed by atoms with Gasteiger partial charge in [-0.2, -0.15) is 0 Å². The number of halogens is 1. The Hall–Kier alpha value is 0.576. The van der Waals surface area contributed by atoms with Crippen LogP contribution in [0.3, 0.4) is 0 Å². The summed E-state index contributed by atoms with van der Waals surface area (Å²) in [6.07, 6.45) is -0.976. The standard InChI is InChI=1S/C9H7ClO3.K.H/c10-6-3-1-5(2-4-6)7-8(13-7)9(11)12;;/h1-4,7-8H,(H,11,12);;/q;+1;-1. The Morgan fingerprint density at radius 1 is 1.43 bits per heavy atom. The normalized spacial score (nSPS) is 23.8. The molecule has 1 N–H and O–H groups in total. The van der Waals surface area contributed by atoms with Gasteiger partial charge in [0.15, 0.2) is 6.10 Å². The molecule has 14 heavy (non-hydrogen) atoms. The van der Waals surface area contributed by atoms with E-state index in [0.29, 0.717) is 5.02 Å². The van der Waals surface area contributed by atoms with Gasteiger partial charge in [-0.25, -0.2) is 4.79 Å². The Bertz CT molecular complexity index is 344. The minimum Gasteiger partial charge on any atom is -1.00 e. The van der Waals surface area contributed by atoms with Crippen LogP contribution in [-0.4, -0.2) is 17.2 Å². The number of rotatable bonds is 2. The number of epoxide rings is 1. The van der Waals surface area contributed by atoms with E-state index in [1.807, 2.05) is 0 Å². The van der Waals surface area contributed by atoms with E-state index in [-0.39, 0.29) is 58.9 Å². The molecule has 2 unspecified atom stereocenters. The Kier molecular flexibility index (Phi) is 4.58. The van der Waals surface area contributed by atoms with E-state index in [2.05, 4.69) is 0 Å². The van der Waals surface area contributed by atoms with Gasteiger partial charge in [0.1, 0.15) is 6.10 Å². The molecule has 1 fully saturated rings. The molecule has 0 radical (unpaired) electrons. The molecule has 2 atom stereocenters. The average Bonchev–Trinajstić information content (AvgIpc) is 2.85. The Labute approximate surface area is 130 Å². The first kappa shape index (κ1) is 12.6. The van der Waals surface area contributed by atoms with Crippen molar-refractivity contribution in [3.05, 3.63) is 34.9 Å². The predicted molar refractivity (Wildman–Crippen MR) is 47.8 cm³/mol. The largest absolute Gasteiger partial charge is 1.00 e. The Morgan fingerprint density at radius 3 is 2.43 bits per heavy atom. The maximum Gasteiger partial charge on any atom is 1.00 e. The first-order valence-electron chi connectivity index (χ1n) is 3.82. The number of benzene rings is 1. The second-order valence-electron chi connectivity index (χ2n) is 2.87. The Balaban J connectivity index is 0.000000980. The summed E-state index contributed by atoms with van der Waals surface area (Å²) >= 11 is 5.68. The van der Waals surface area contributed by atoms with Crippen LogP contribution in [0.25, 0.3) is 0 Å². The van der Waals surface area contributed by atoms with Crippen molar-refractivity contribution in [2.45, 2.75) is 12.2 Å². The fourth-order valence-electron chi connectivity index (χ4n) is 1.21. The molecule has 0 aliphatic carbocycles. The van der Waals surface area contributed by atoms with Crippen LogP contribution in [0.2, 0.25) is 5.02 Å². The molecule has 3 nitrogen and oxygen atoms in total. The fraction of sp³-hybridized carbons (Fsp3) is 0.222. The zero-order chi connectivity index (χ0) is 9.42. The average molecular weight is 239 g/mol. The minimum atomic E-state index is -0.917. The first-order chi connectivity index (χ1) is 6.18. The number of aliphatic carboxylic acids is 1. The quantitative estimate of drug-likeness (QED) is 0.530. The third-order valence-electron chi connectivity index (χ3n) is 1.93. The molecule has 1 heterocycles. The van der Waals surface area contributed by atoms with Gasteiger partial charge in [-0.05, 0) is 17.7 Å². The van der Waals surface area contributed by atoms with Gasteiger partial charge in [0, 0.05) is 5.02 Å². The second-order valence-corrected chi connectivity index (χ2v) is 3.30. The molecule has 1 aromatic rings. The molecule has 70 valence electrons. The zero-order valence-corrected chi connectivity index (χ0v) is 11.5. The predicted octanol–water partition coefficient (Wildman–Crippen LogP) is -1.02. The summed E-state index contributed by atoms with van der Waals surface area (Å²) in [5, 5.41) is 9.22. The summed E-state index contributed by atoms with van der Waals surface area (Å²) in [5.74, 6) is -0.917. The van der Waals surface area contributed by atoms with E-state index in [1.165, 1.54) is 0 Å². The van der Waals surface area contributed by atoms with Crippen molar-refractivity contribution in [1.82, 2.24) is 0 Å². The maximum atomic E-state index is 10.5. The number of ether oxygens (including phenoxy) is 1. The van der Waals surface area contributed by atoms with E-state index in [4.69, 9.17) is 21.4 Å². The molecule has 1 saturated heterocycles. The maximum absolute atomic E-state index is 10.5. The topological polar surface area (TPSA) is 49.8 Å². The number of carboxylic acids is 1. The summed E-state index contributed by atoms with van der Waals surface area (Å²) in [6, 6.07) is 6.99. The molecule has 0 spiro atoms. The first-order valence-corrected chi connectivity index (χ1v) is 4.20. The van der Waals surface area contributed by atoms with Crippen LogP contribution in [0.1, 0.15) is 13.1 Å². The van der Waals surface area contributed by atoms with Crippen molar-refractivity contribution in [2.24, 2.45) is 0 Å². The van der Waals surface area contributed by atoms with Crippen LogP contribution in [0.4, 0.5) is 0 Å². The summed E-state index contributed by atoms with van der Waals surface area (Å²) in [4.78, 5) is 10.5. The third-order valence-corrected chi connectivity index (χ3v) is 2.19. The SMILES string of the molecule is O=C(O)C1OC1c1ccc(Cl)cc1.[H-].[K+]. The number of hydrogen-bond donors (Lipinski definition) is 1. The van der Waals surface area contributed by atoms with Crippen LogP contribution in [0.5, 0.6) is 0 Å². The summed E-state index contributed by atoms with van der Waals surface area (Å²) in [7, 11) is 0. The van der Waals surface area contributed by atoms with E-state index < -0.39 is 12.1 Å². The molecule has 0 aromatic heterocycles. The number of carboxylic acid groups (broad SMARTS) is 1. The Morgan fingerprint density at radius 2 is 2.00 bits per heavy atom. The molecule has 1 aliphatic rings. The van der Waals surface area contributed by atoms with E-state index in [1.54, 1.807) is 24.3 Å². The van der Waals surface area contributed by atoms with Gasteiger partial charge in [0.2, 0.25) is 0 Å². The summed E-state index contributed by atoms with van der Waals surface area (Å²) in [6.45, 7) is 0. The van der Waals surface area contributed by atoms with Gasteiger partial charge in [0.25, 0.3) is 0 Å².